The number of amides is 2. The van der Waals surface area contributed by atoms with E-state index in [1.54, 1.807) is 25.6 Å². The Morgan fingerprint density at radius 3 is 2.40 bits per heavy atom. The number of rotatable bonds is 10. The average Bonchev–Trinajstić information content (AvgIpc) is 2.57. The van der Waals surface area contributed by atoms with Gasteiger partial charge in [0.1, 0.15) is 6.04 Å². The number of carbonyl (C=O) groups is 3. The maximum Gasteiger partial charge on any atom is 0.310 e. The highest BCUT2D eigenvalue weighted by molar-refractivity contribution is 7.98. The molecule has 0 bridgehead atoms. The first-order valence-corrected chi connectivity index (χ1v) is 9.49. The molecule has 0 aromatic heterocycles. The van der Waals surface area contributed by atoms with Crippen LogP contribution < -0.4 is 10.6 Å². The van der Waals surface area contributed by atoms with Gasteiger partial charge in [-0.05, 0) is 37.8 Å². The molecule has 1 rings (SSSR count). The molecule has 138 valence electrons. The summed E-state index contributed by atoms with van der Waals surface area (Å²) in [4.78, 5) is 35.7. The molecule has 1 atom stereocenters. The van der Waals surface area contributed by atoms with E-state index in [2.05, 4.69) is 10.6 Å². The van der Waals surface area contributed by atoms with E-state index in [4.69, 9.17) is 5.11 Å². The first kappa shape index (κ1) is 21.0. The minimum atomic E-state index is -1.06. The zero-order chi connectivity index (χ0) is 18.9. The quantitative estimate of drug-likeness (QED) is 0.586. The van der Waals surface area contributed by atoms with Crippen LogP contribution in [0.15, 0.2) is 30.3 Å². The normalized spacial score (nSPS) is 12.3. The second kappa shape index (κ2) is 10.1. The minimum absolute atomic E-state index is 0.00545. The summed E-state index contributed by atoms with van der Waals surface area (Å²) >= 11 is 1.58. The molecule has 0 aliphatic carbocycles. The standard InChI is InChI=1S/C18H26N2O4S/c1-18(2,17(23)24)12-19-16(22)14(9-10-25-3)20-15(21)11-13-7-5-4-6-8-13/h4-8,14H,9-12H2,1-3H3,(H,19,22)(H,20,21)(H,23,24). The van der Waals surface area contributed by atoms with Crippen molar-refractivity contribution in [3.63, 3.8) is 0 Å². The van der Waals surface area contributed by atoms with Crippen LogP contribution in [0.4, 0.5) is 0 Å². The van der Waals surface area contributed by atoms with Gasteiger partial charge in [0.15, 0.2) is 0 Å². The highest BCUT2D eigenvalue weighted by Gasteiger charge is 2.29. The number of nitrogens with one attached hydrogen (secondary N) is 2. The van der Waals surface area contributed by atoms with Gasteiger partial charge in [-0.15, -0.1) is 0 Å². The zero-order valence-electron chi connectivity index (χ0n) is 14.9. The third-order valence-electron chi connectivity index (χ3n) is 3.75. The molecule has 0 aliphatic heterocycles. The molecule has 6 nitrogen and oxygen atoms in total. The van der Waals surface area contributed by atoms with E-state index in [1.165, 1.54) is 0 Å². The highest BCUT2D eigenvalue weighted by atomic mass is 32.2. The molecule has 0 heterocycles. The van der Waals surface area contributed by atoms with E-state index in [1.807, 2.05) is 36.6 Å². The molecule has 25 heavy (non-hydrogen) atoms. The van der Waals surface area contributed by atoms with Crippen LogP contribution in [0.5, 0.6) is 0 Å². The van der Waals surface area contributed by atoms with Crippen LogP contribution in [0, 0.1) is 5.41 Å². The van der Waals surface area contributed by atoms with Gasteiger partial charge < -0.3 is 15.7 Å². The lowest BCUT2D eigenvalue weighted by molar-refractivity contribution is -0.147. The van der Waals surface area contributed by atoms with Crippen molar-refractivity contribution in [2.24, 2.45) is 5.41 Å². The van der Waals surface area contributed by atoms with Crippen molar-refractivity contribution in [2.45, 2.75) is 32.7 Å². The summed E-state index contributed by atoms with van der Waals surface area (Å²) in [6, 6.07) is 8.62. The van der Waals surface area contributed by atoms with Crippen molar-refractivity contribution in [1.82, 2.24) is 10.6 Å². The number of hydrogen-bond donors (Lipinski definition) is 3. The van der Waals surface area contributed by atoms with Gasteiger partial charge in [0.2, 0.25) is 11.8 Å². The van der Waals surface area contributed by atoms with Crippen molar-refractivity contribution in [2.75, 3.05) is 18.6 Å². The van der Waals surface area contributed by atoms with Crippen LogP contribution in [-0.2, 0) is 20.8 Å². The summed E-state index contributed by atoms with van der Waals surface area (Å²) < 4.78 is 0. The van der Waals surface area contributed by atoms with Gasteiger partial charge in [-0.2, -0.15) is 11.8 Å². The fourth-order valence-electron chi connectivity index (χ4n) is 2.04. The zero-order valence-corrected chi connectivity index (χ0v) is 15.7. The molecule has 1 aromatic carbocycles. The number of aliphatic carboxylic acids is 1. The molecule has 1 unspecified atom stereocenters. The Morgan fingerprint density at radius 2 is 1.84 bits per heavy atom. The summed E-state index contributed by atoms with van der Waals surface area (Å²) in [5, 5.41) is 14.5. The second-order valence-corrected chi connectivity index (χ2v) is 7.46. The molecule has 2 amide bonds. The molecular formula is C18H26N2O4S. The van der Waals surface area contributed by atoms with Crippen molar-refractivity contribution >= 4 is 29.5 Å². The Bertz CT molecular complexity index is 590. The lowest BCUT2D eigenvalue weighted by Crippen LogP contribution is -2.50. The van der Waals surface area contributed by atoms with Gasteiger partial charge in [0.05, 0.1) is 11.8 Å². The Hall–Kier alpha value is -2.02. The van der Waals surface area contributed by atoms with Crippen molar-refractivity contribution in [1.29, 1.82) is 0 Å². The summed E-state index contributed by atoms with van der Waals surface area (Å²) in [5.41, 5.74) is -0.190. The van der Waals surface area contributed by atoms with E-state index in [0.717, 1.165) is 5.56 Å². The summed E-state index contributed by atoms with van der Waals surface area (Å²) in [5.74, 6) is -0.859. The predicted octanol–water partition coefficient (Wildman–Crippen LogP) is 1.69. The third kappa shape index (κ3) is 7.60. The van der Waals surface area contributed by atoms with Gasteiger partial charge in [-0.25, -0.2) is 0 Å². The van der Waals surface area contributed by atoms with E-state index in [0.29, 0.717) is 12.2 Å². The largest absolute Gasteiger partial charge is 0.481 e. The summed E-state index contributed by atoms with van der Waals surface area (Å²) in [6.07, 6.45) is 2.61. The van der Waals surface area contributed by atoms with Crippen molar-refractivity contribution in [3.8, 4) is 0 Å². The van der Waals surface area contributed by atoms with Crippen LogP contribution in [0.2, 0.25) is 0 Å². The molecule has 0 spiro atoms. The topological polar surface area (TPSA) is 95.5 Å². The van der Waals surface area contributed by atoms with Crippen LogP contribution in [0.1, 0.15) is 25.8 Å². The molecule has 1 aromatic rings. The van der Waals surface area contributed by atoms with Gasteiger partial charge in [0, 0.05) is 6.54 Å². The highest BCUT2D eigenvalue weighted by Crippen LogP contribution is 2.13. The summed E-state index contributed by atoms with van der Waals surface area (Å²) in [7, 11) is 0. The smallest absolute Gasteiger partial charge is 0.310 e. The van der Waals surface area contributed by atoms with Crippen LogP contribution in [0.25, 0.3) is 0 Å². The predicted molar refractivity (Wildman–Crippen MR) is 99.5 cm³/mol. The van der Waals surface area contributed by atoms with Gasteiger partial charge in [-0.3, -0.25) is 14.4 Å². The number of carboxylic acids is 1. The number of carboxylic acid groups (broad SMARTS) is 1. The number of thioether (sulfide) groups is 1. The second-order valence-electron chi connectivity index (χ2n) is 6.47. The first-order valence-electron chi connectivity index (χ1n) is 8.09. The fourth-order valence-corrected chi connectivity index (χ4v) is 2.51. The Balaban J connectivity index is 2.64. The first-order chi connectivity index (χ1) is 11.8. The van der Waals surface area contributed by atoms with Crippen LogP contribution in [0.3, 0.4) is 0 Å². The van der Waals surface area contributed by atoms with E-state index >= 15 is 0 Å². The van der Waals surface area contributed by atoms with E-state index in [9.17, 15) is 14.4 Å². The lowest BCUT2D eigenvalue weighted by atomic mass is 9.94. The summed E-state index contributed by atoms with van der Waals surface area (Å²) in [6.45, 7) is 3.09. The van der Waals surface area contributed by atoms with Gasteiger partial charge in [0.25, 0.3) is 0 Å². The van der Waals surface area contributed by atoms with E-state index < -0.39 is 17.4 Å². The third-order valence-corrected chi connectivity index (χ3v) is 4.40. The average molecular weight is 366 g/mol. The molecule has 0 radical (unpaired) electrons. The molecule has 0 saturated carbocycles. The minimum Gasteiger partial charge on any atom is -0.481 e. The van der Waals surface area contributed by atoms with Crippen molar-refractivity contribution < 1.29 is 19.5 Å². The maximum absolute atomic E-state index is 12.4. The molecular weight excluding hydrogens is 340 g/mol. The van der Waals surface area contributed by atoms with Crippen molar-refractivity contribution in [3.05, 3.63) is 35.9 Å². The SMILES string of the molecule is CSCCC(NC(=O)Cc1ccccc1)C(=O)NCC(C)(C)C(=O)O. The van der Waals surface area contributed by atoms with E-state index in [-0.39, 0.29) is 24.8 Å². The maximum atomic E-state index is 12.4. The van der Waals surface area contributed by atoms with Gasteiger partial charge in [-0.1, -0.05) is 30.3 Å². The van der Waals surface area contributed by atoms with Crippen LogP contribution in [-0.4, -0.2) is 47.5 Å². The molecule has 7 heteroatoms. The Morgan fingerprint density at radius 1 is 1.20 bits per heavy atom. The number of carbonyl (C=O) groups excluding carboxylic acids is 2. The van der Waals surface area contributed by atoms with Crippen LogP contribution >= 0.6 is 11.8 Å². The molecule has 0 fully saturated rings. The van der Waals surface area contributed by atoms with Gasteiger partial charge >= 0.3 is 5.97 Å². The fraction of sp³-hybridized carbons (Fsp3) is 0.500. The lowest BCUT2D eigenvalue weighted by Gasteiger charge is -2.23. The number of hydrogen-bond acceptors (Lipinski definition) is 4. The Labute approximate surface area is 152 Å². The molecule has 0 aliphatic rings. The monoisotopic (exact) mass is 366 g/mol. The Kier molecular flexibility index (Phi) is 8.48. The number of benzene rings is 1. The molecule has 0 saturated heterocycles. The molecule has 3 N–H and O–H groups in total.